The van der Waals surface area contributed by atoms with Gasteiger partial charge in [-0.05, 0) is 6.07 Å². The number of Topliss-reactive ketones (excluding diaryl/α,β-unsaturated/α-hetero) is 1. The van der Waals surface area contributed by atoms with Gasteiger partial charge >= 0.3 is 5.97 Å². The number of quaternary nitrogens is 1. The Morgan fingerprint density at radius 1 is 1.39 bits per heavy atom. The van der Waals surface area contributed by atoms with Crippen molar-refractivity contribution in [2.45, 2.75) is 6.61 Å². The lowest BCUT2D eigenvalue weighted by Crippen LogP contribution is -2.74. The van der Waals surface area contributed by atoms with E-state index in [1.165, 1.54) is 5.32 Å². The molecule has 0 fully saturated rings. The number of carbonyl (C=O) groups excluding carboxylic acids is 1. The Labute approximate surface area is 99.4 Å². The van der Waals surface area contributed by atoms with Gasteiger partial charge in [-0.2, -0.15) is 0 Å². The molecule has 1 aliphatic rings. The number of nitrogens with two attached hydrogens (primary N) is 1. The summed E-state index contributed by atoms with van der Waals surface area (Å²) in [5.41, 5.74) is -1.15. The monoisotopic (exact) mass is 256 g/mol. The number of rotatable bonds is 2. The van der Waals surface area contributed by atoms with Gasteiger partial charge in [-0.25, -0.2) is 13.6 Å². The van der Waals surface area contributed by atoms with E-state index in [2.05, 4.69) is 0 Å². The number of fused-ring (bicyclic) bond motifs is 1. The van der Waals surface area contributed by atoms with E-state index < -0.39 is 35.6 Å². The van der Waals surface area contributed by atoms with Crippen molar-refractivity contribution >= 4 is 17.4 Å². The lowest BCUT2D eigenvalue weighted by molar-refractivity contribution is -0.498. The summed E-state index contributed by atoms with van der Waals surface area (Å²) in [5, 5.41) is 18.9. The first kappa shape index (κ1) is 12.3. The summed E-state index contributed by atoms with van der Waals surface area (Å²) in [4.78, 5) is 22.5. The van der Waals surface area contributed by atoms with Crippen LogP contribution in [0.4, 0.5) is 14.5 Å². The Kier molecular flexibility index (Phi) is 2.93. The Bertz CT molecular complexity index is 595. The molecule has 0 radical (unpaired) electrons. The zero-order valence-electron chi connectivity index (χ0n) is 8.91. The summed E-state index contributed by atoms with van der Waals surface area (Å²) in [6.07, 6.45) is 1.00. The average Bonchev–Trinajstić information content (AvgIpc) is 2.32. The van der Waals surface area contributed by atoms with Crippen LogP contribution < -0.4 is 5.32 Å². The Morgan fingerprint density at radius 3 is 2.61 bits per heavy atom. The average molecular weight is 256 g/mol. The standard InChI is InChI=1S/C11H7F2NO4/c12-7-1-4-9(6(3-15)8(7)13)14-2-5(10(4)16)11(17)18/h1-2,15H,3H2,(H,14,16)(H,17,18)/p+1. The third-order valence-electron chi connectivity index (χ3n) is 2.66. The van der Waals surface area contributed by atoms with Gasteiger partial charge in [0.15, 0.2) is 22.9 Å². The number of carboxylic acid groups (broad SMARTS) is 1. The van der Waals surface area contributed by atoms with Crippen LogP contribution in [0.2, 0.25) is 0 Å². The highest BCUT2D eigenvalue weighted by Crippen LogP contribution is 2.27. The molecule has 0 saturated carbocycles. The van der Waals surface area contributed by atoms with Gasteiger partial charge in [-0.1, -0.05) is 0 Å². The molecule has 0 bridgehead atoms. The predicted octanol–water partition coefficient (Wildman–Crippen LogP) is -0.183. The normalized spacial score (nSPS) is 14.2. The molecule has 4 N–H and O–H groups in total. The van der Waals surface area contributed by atoms with Crippen molar-refractivity contribution in [2.24, 2.45) is 0 Å². The highest BCUT2D eigenvalue weighted by Gasteiger charge is 2.33. The highest BCUT2D eigenvalue weighted by atomic mass is 19.2. The lowest BCUT2D eigenvalue weighted by atomic mass is 9.96. The molecule has 7 heteroatoms. The van der Waals surface area contributed by atoms with E-state index in [1.807, 2.05) is 0 Å². The molecule has 0 atom stereocenters. The SMILES string of the molecule is O=C(O)C1=C[NH2+]c2c(cc(F)c(F)c2CO)C1=O. The predicted molar refractivity (Wildman–Crippen MR) is 53.9 cm³/mol. The van der Waals surface area contributed by atoms with E-state index in [1.54, 1.807) is 0 Å². The van der Waals surface area contributed by atoms with Crippen LogP contribution in [0.5, 0.6) is 0 Å². The minimum absolute atomic E-state index is 0.00593. The van der Waals surface area contributed by atoms with Gasteiger partial charge < -0.3 is 10.2 Å². The van der Waals surface area contributed by atoms with Crippen molar-refractivity contribution in [1.82, 2.24) is 0 Å². The number of halogens is 2. The molecule has 0 spiro atoms. The van der Waals surface area contributed by atoms with Crippen molar-refractivity contribution < 1.29 is 33.9 Å². The molecule has 0 amide bonds. The fourth-order valence-electron chi connectivity index (χ4n) is 1.78. The van der Waals surface area contributed by atoms with Crippen LogP contribution in [0.15, 0.2) is 17.8 Å². The number of carbonyl (C=O) groups is 2. The summed E-state index contributed by atoms with van der Waals surface area (Å²) in [7, 11) is 0. The number of hydrogen-bond acceptors (Lipinski definition) is 3. The second-order valence-corrected chi connectivity index (χ2v) is 3.65. The van der Waals surface area contributed by atoms with Crippen molar-refractivity contribution in [3.8, 4) is 0 Å². The van der Waals surface area contributed by atoms with Crippen LogP contribution in [0.1, 0.15) is 15.9 Å². The van der Waals surface area contributed by atoms with Crippen LogP contribution in [0, 0.1) is 11.6 Å². The summed E-state index contributed by atoms with van der Waals surface area (Å²) in [5.74, 6) is -4.90. The Hall–Kier alpha value is -2.12. The van der Waals surface area contributed by atoms with E-state index in [0.717, 1.165) is 6.20 Å². The van der Waals surface area contributed by atoms with E-state index >= 15 is 0 Å². The minimum Gasteiger partial charge on any atom is -0.477 e. The Morgan fingerprint density at radius 2 is 2.06 bits per heavy atom. The van der Waals surface area contributed by atoms with Crippen LogP contribution in [-0.4, -0.2) is 22.0 Å². The Balaban J connectivity index is 2.66. The van der Waals surface area contributed by atoms with Crippen molar-refractivity contribution in [3.63, 3.8) is 0 Å². The van der Waals surface area contributed by atoms with Gasteiger partial charge in [-0.15, -0.1) is 0 Å². The maximum atomic E-state index is 13.4. The maximum Gasteiger partial charge on any atom is 0.345 e. The van der Waals surface area contributed by atoms with E-state index in [9.17, 15) is 18.4 Å². The van der Waals surface area contributed by atoms with Gasteiger partial charge in [-0.3, -0.25) is 10.1 Å². The van der Waals surface area contributed by atoms with Gasteiger partial charge in [0.25, 0.3) is 0 Å². The zero-order chi connectivity index (χ0) is 13.4. The number of hydrogen-bond donors (Lipinski definition) is 3. The van der Waals surface area contributed by atoms with Crippen molar-refractivity contribution in [2.75, 3.05) is 0 Å². The second-order valence-electron chi connectivity index (χ2n) is 3.65. The molecule has 1 heterocycles. The van der Waals surface area contributed by atoms with Crippen LogP contribution in [-0.2, 0) is 11.4 Å². The smallest absolute Gasteiger partial charge is 0.345 e. The molecule has 2 rings (SSSR count). The number of benzene rings is 1. The topological polar surface area (TPSA) is 91.2 Å². The molecule has 0 aromatic heterocycles. The molecule has 1 aromatic rings. The third-order valence-corrected chi connectivity index (χ3v) is 2.66. The van der Waals surface area contributed by atoms with Gasteiger partial charge in [0.1, 0.15) is 6.20 Å². The first-order valence-electron chi connectivity index (χ1n) is 4.92. The number of aliphatic carboxylic acids is 1. The molecule has 94 valence electrons. The van der Waals surface area contributed by atoms with Gasteiger partial charge in [0.05, 0.1) is 17.7 Å². The third kappa shape index (κ3) is 1.69. The highest BCUT2D eigenvalue weighted by molar-refractivity contribution is 6.25. The molecule has 18 heavy (non-hydrogen) atoms. The lowest BCUT2D eigenvalue weighted by Gasteiger charge is -2.14. The quantitative estimate of drug-likeness (QED) is 0.505. The van der Waals surface area contributed by atoms with Gasteiger partial charge in [0.2, 0.25) is 5.78 Å². The van der Waals surface area contributed by atoms with Crippen molar-refractivity contribution in [1.29, 1.82) is 0 Å². The molecule has 0 aliphatic carbocycles. The molecule has 1 aromatic carbocycles. The minimum atomic E-state index is -1.45. The number of aliphatic hydroxyl groups excluding tert-OH is 1. The number of ketones is 1. The molecule has 0 saturated heterocycles. The zero-order valence-corrected chi connectivity index (χ0v) is 8.91. The van der Waals surface area contributed by atoms with E-state index in [-0.39, 0.29) is 16.8 Å². The number of aliphatic hydroxyl groups is 1. The molecule has 5 nitrogen and oxygen atoms in total. The van der Waals surface area contributed by atoms with Crippen LogP contribution in [0.3, 0.4) is 0 Å². The summed E-state index contributed by atoms with van der Waals surface area (Å²) in [6, 6.07) is 0.638. The fraction of sp³-hybridized carbons (Fsp3) is 0.0909. The second kappa shape index (κ2) is 4.28. The first-order chi connectivity index (χ1) is 8.47. The summed E-state index contributed by atoms with van der Waals surface area (Å²) >= 11 is 0. The van der Waals surface area contributed by atoms with E-state index in [4.69, 9.17) is 10.2 Å². The largest absolute Gasteiger partial charge is 0.477 e. The molecule has 0 unspecified atom stereocenters. The molecule has 1 aliphatic heterocycles. The molecular formula is C11H8F2NO4+. The van der Waals surface area contributed by atoms with Gasteiger partial charge in [0, 0.05) is 0 Å². The molecular weight excluding hydrogens is 248 g/mol. The summed E-state index contributed by atoms with van der Waals surface area (Å²) < 4.78 is 26.6. The fourth-order valence-corrected chi connectivity index (χ4v) is 1.78. The van der Waals surface area contributed by atoms with Crippen LogP contribution in [0.25, 0.3) is 0 Å². The number of carboxylic acids is 1. The van der Waals surface area contributed by atoms with Crippen molar-refractivity contribution in [3.05, 3.63) is 40.6 Å². The van der Waals surface area contributed by atoms with Crippen LogP contribution >= 0.6 is 0 Å². The first-order valence-corrected chi connectivity index (χ1v) is 4.92. The van der Waals surface area contributed by atoms with E-state index in [0.29, 0.717) is 6.07 Å². The summed E-state index contributed by atoms with van der Waals surface area (Å²) in [6.45, 7) is -0.786. The maximum absolute atomic E-state index is 13.4.